The van der Waals surface area contributed by atoms with Crippen LogP contribution in [-0.4, -0.2) is 12.4 Å². The summed E-state index contributed by atoms with van der Waals surface area (Å²) >= 11 is 5.79. The summed E-state index contributed by atoms with van der Waals surface area (Å²) in [6.07, 6.45) is 0. The van der Waals surface area contributed by atoms with Crippen LogP contribution < -0.4 is 11.1 Å². The van der Waals surface area contributed by atoms with Gasteiger partial charge in [-0.2, -0.15) is 5.26 Å². The molecule has 5 heteroatoms. The van der Waals surface area contributed by atoms with Gasteiger partial charge in [0.1, 0.15) is 17.7 Å². The van der Waals surface area contributed by atoms with E-state index < -0.39 is 0 Å². The number of rotatable bonds is 1. The summed E-state index contributed by atoms with van der Waals surface area (Å²) in [4.78, 5) is 4.23. The topological polar surface area (TPSA) is 74.2 Å². The maximum absolute atomic E-state index is 8.74. The molecule has 4 nitrogen and oxygen atoms in total. The molecule has 1 aliphatic heterocycles. The number of nitrogens with one attached hydrogen (secondary N) is 1. The molecule has 0 amide bonds. The van der Waals surface area contributed by atoms with Crippen molar-refractivity contribution in [3.05, 3.63) is 46.2 Å². The van der Waals surface area contributed by atoms with E-state index in [-0.39, 0.29) is 0 Å². The molecule has 0 bridgehead atoms. The molecule has 2 rings (SSSR count). The monoisotopic (exact) mass is 232 g/mol. The lowest BCUT2D eigenvalue weighted by Crippen LogP contribution is -2.33. The molecule has 1 aromatic carbocycles. The summed E-state index contributed by atoms with van der Waals surface area (Å²) in [5.74, 6) is 1.02. The van der Waals surface area contributed by atoms with Gasteiger partial charge < -0.3 is 11.1 Å². The summed E-state index contributed by atoms with van der Waals surface area (Å²) in [6, 6.07) is 9.25. The van der Waals surface area contributed by atoms with Gasteiger partial charge in [-0.25, -0.2) is 0 Å². The molecule has 1 aromatic rings. The van der Waals surface area contributed by atoms with Gasteiger partial charge in [0, 0.05) is 10.6 Å². The molecule has 0 atom stereocenters. The molecule has 1 heterocycles. The molecule has 0 spiro atoms. The second kappa shape index (κ2) is 4.25. The van der Waals surface area contributed by atoms with Crippen molar-refractivity contribution >= 4 is 17.4 Å². The number of nitrogens with zero attached hydrogens (tertiary/aromatic N) is 2. The van der Waals surface area contributed by atoms with Gasteiger partial charge in [0.2, 0.25) is 0 Å². The molecule has 80 valence electrons. The van der Waals surface area contributed by atoms with Gasteiger partial charge in [-0.05, 0) is 24.3 Å². The fourth-order valence-corrected chi connectivity index (χ4v) is 1.48. The highest BCUT2D eigenvalue weighted by Gasteiger charge is 2.13. The Labute approximate surface area is 98.0 Å². The summed E-state index contributed by atoms with van der Waals surface area (Å²) in [6.45, 7) is 0.313. The third kappa shape index (κ3) is 2.00. The standard InChI is InChI=1S/C11H9ClN4/c12-9-3-1-7(2-4-9)11-15-6-8(5-13)10(14)16-11/h1-4H,6,14H2,(H,15,16). The van der Waals surface area contributed by atoms with E-state index in [1.807, 2.05) is 18.2 Å². The Bertz CT molecular complexity index is 508. The number of benzene rings is 1. The minimum absolute atomic E-state index is 0.313. The van der Waals surface area contributed by atoms with Crippen molar-refractivity contribution in [1.29, 1.82) is 5.26 Å². The molecule has 0 aromatic heterocycles. The zero-order chi connectivity index (χ0) is 11.5. The smallest absolute Gasteiger partial charge is 0.134 e. The van der Waals surface area contributed by atoms with Crippen molar-refractivity contribution in [2.24, 2.45) is 10.7 Å². The first kappa shape index (κ1) is 10.5. The summed E-state index contributed by atoms with van der Waals surface area (Å²) in [7, 11) is 0. The zero-order valence-electron chi connectivity index (χ0n) is 8.37. The van der Waals surface area contributed by atoms with Crippen LogP contribution in [0.25, 0.3) is 0 Å². The van der Waals surface area contributed by atoms with Crippen LogP contribution in [0.15, 0.2) is 40.7 Å². The van der Waals surface area contributed by atoms with E-state index in [1.165, 1.54) is 0 Å². The zero-order valence-corrected chi connectivity index (χ0v) is 9.12. The van der Waals surface area contributed by atoms with Crippen LogP contribution in [0.4, 0.5) is 0 Å². The summed E-state index contributed by atoms with van der Waals surface area (Å²) in [5, 5.41) is 12.3. The average molecular weight is 233 g/mol. The lowest BCUT2D eigenvalue weighted by atomic mass is 10.1. The number of aliphatic imine (C=N–C) groups is 1. The maximum atomic E-state index is 8.74. The number of hydrogen-bond donors (Lipinski definition) is 2. The Hall–Kier alpha value is -1.99. The van der Waals surface area contributed by atoms with Crippen molar-refractivity contribution in [3.63, 3.8) is 0 Å². The van der Waals surface area contributed by atoms with Gasteiger partial charge in [-0.15, -0.1) is 0 Å². The number of halogens is 1. The number of hydrogen-bond acceptors (Lipinski definition) is 4. The lowest BCUT2D eigenvalue weighted by molar-refractivity contribution is 0.959. The Kier molecular flexibility index (Phi) is 2.80. The molecule has 0 radical (unpaired) electrons. The minimum Gasteiger partial charge on any atom is -0.384 e. The maximum Gasteiger partial charge on any atom is 0.134 e. The number of amidine groups is 1. The van der Waals surface area contributed by atoms with Crippen LogP contribution in [0, 0.1) is 11.3 Å². The Morgan fingerprint density at radius 3 is 2.62 bits per heavy atom. The largest absolute Gasteiger partial charge is 0.384 e. The van der Waals surface area contributed by atoms with E-state index in [1.54, 1.807) is 12.1 Å². The highest BCUT2D eigenvalue weighted by molar-refractivity contribution is 6.30. The van der Waals surface area contributed by atoms with Crippen molar-refractivity contribution in [3.8, 4) is 6.07 Å². The molecule has 1 aliphatic rings. The van der Waals surface area contributed by atoms with Crippen LogP contribution in [0.3, 0.4) is 0 Å². The second-order valence-electron chi connectivity index (χ2n) is 3.30. The first-order valence-corrected chi connectivity index (χ1v) is 5.04. The normalized spacial score (nSPS) is 15.1. The minimum atomic E-state index is 0.313. The Morgan fingerprint density at radius 2 is 2.06 bits per heavy atom. The van der Waals surface area contributed by atoms with Gasteiger partial charge in [0.05, 0.1) is 12.1 Å². The molecule has 0 fully saturated rings. The summed E-state index contributed by atoms with van der Waals surface area (Å²) < 4.78 is 0. The third-order valence-electron chi connectivity index (χ3n) is 2.23. The molecule has 3 N–H and O–H groups in total. The molecular formula is C11H9ClN4. The molecule has 16 heavy (non-hydrogen) atoms. The first-order valence-electron chi connectivity index (χ1n) is 4.67. The van der Waals surface area contributed by atoms with Crippen LogP contribution in [0.1, 0.15) is 5.56 Å². The average Bonchev–Trinajstić information content (AvgIpc) is 2.30. The highest BCUT2D eigenvalue weighted by atomic mass is 35.5. The number of nitriles is 1. The van der Waals surface area contributed by atoms with Gasteiger partial charge in [0.25, 0.3) is 0 Å². The van der Waals surface area contributed by atoms with E-state index >= 15 is 0 Å². The lowest BCUT2D eigenvalue weighted by Gasteiger charge is -2.16. The molecule has 0 saturated heterocycles. The van der Waals surface area contributed by atoms with E-state index in [0.29, 0.717) is 28.8 Å². The van der Waals surface area contributed by atoms with Crippen molar-refractivity contribution < 1.29 is 0 Å². The Morgan fingerprint density at radius 1 is 1.38 bits per heavy atom. The third-order valence-corrected chi connectivity index (χ3v) is 2.48. The van der Waals surface area contributed by atoms with Gasteiger partial charge >= 0.3 is 0 Å². The highest BCUT2D eigenvalue weighted by Crippen LogP contribution is 2.12. The van der Waals surface area contributed by atoms with E-state index in [4.69, 9.17) is 22.6 Å². The molecule has 0 unspecified atom stereocenters. The fraction of sp³-hybridized carbons (Fsp3) is 0.0909. The van der Waals surface area contributed by atoms with Crippen LogP contribution in [-0.2, 0) is 0 Å². The molecule has 0 aliphatic carbocycles. The van der Waals surface area contributed by atoms with Crippen LogP contribution in [0.5, 0.6) is 0 Å². The van der Waals surface area contributed by atoms with Crippen LogP contribution in [0.2, 0.25) is 5.02 Å². The van der Waals surface area contributed by atoms with E-state index in [2.05, 4.69) is 10.3 Å². The van der Waals surface area contributed by atoms with Crippen molar-refractivity contribution in [1.82, 2.24) is 5.32 Å². The molecule has 0 saturated carbocycles. The van der Waals surface area contributed by atoms with Crippen molar-refractivity contribution in [2.45, 2.75) is 0 Å². The number of nitrogens with two attached hydrogens (primary N) is 1. The summed E-state index contributed by atoms with van der Waals surface area (Å²) in [5.41, 5.74) is 7.04. The first-order chi connectivity index (χ1) is 7.70. The predicted octanol–water partition coefficient (Wildman–Crippen LogP) is 1.38. The van der Waals surface area contributed by atoms with Gasteiger partial charge in [-0.3, -0.25) is 4.99 Å². The molecular weight excluding hydrogens is 224 g/mol. The fourth-order valence-electron chi connectivity index (χ4n) is 1.35. The van der Waals surface area contributed by atoms with Crippen LogP contribution >= 0.6 is 11.6 Å². The Balaban J connectivity index is 2.24. The van der Waals surface area contributed by atoms with E-state index in [9.17, 15) is 0 Å². The van der Waals surface area contributed by atoms with Gasteiger partial charge in [-0.1, -0.05) is 11.6 Å². The predicted molar refractivity (Wildman–Crippen MR) is 62.8 cm³/mol. The quantitative estimate of drug-likeness (QED) is 0.768. The SMILES string of the molecule is N#CC1=C(N)NC(c2ccc(Cl)cc2)=NC1. The van der Waals surface area contributed by atoms with Crippen molar-refractivity contribution in [2.75, 3.05) is 6.54 Å². The van der Waals surface area contributed by atoms with E-state index in [0.717, 1.165) is 5.56 Å². The second-order valence-corrected chi connectivity index (χ2v) is 3.74. The van der Waals surface area contributed by atoms with Gasteiger partial charge in [0.15, 0.2) is 0 Å².